The number of benzene rings is 1. The van der Waals surface area contributed by atoms with Crippen LogP contribution in [-0.2, 0) is 0 Å². The highest BCUT2D eigenvalue weighted by Gasteiger charge is 2.17. The summed E-state index contributed by atoms with van der Waals surface area (Å²) in [5.74, 6) is -0.588. The fourth-order valence-electron chi connectivity index (χ4n) is 3.22. The number of fused-ring (bicyclic) bond motifs is 1. The van der Waals surface area contributed by atoms with Crippen LogP contribution in [-0.4, -0.2) is 64.3 Å². The van der Waals surface area contributed by atoms with Crippen LogP contribution < -0.4 is 11.1 Å². The zero-order chi connectivity index (χ0) is 20.1. The minimum absolute atomic E-state index is 0.0327. The predicted molar refractivity (Wildman–Crippen MR) is 108 cm³/mol. The number of hydrogen-bond donors (Lipinski definition) is 4. The lowest BCUT2D eigenvalue weighted by Gasteiger charge is -2.17. The lowest BCUT2D eigenvalue weighted by atomic mass is 10.0. The molecule has 147 valence electrons. The van der Waals surface area contributed by atoms with Crippen molar-refractivity contribution in [3.05, 3.63) is 42.0 Å². The number of likely N-dealkylation sites (N-methyl/N-ethyl adjacent to an activating group) is 1. The third kappa shape index (κ3) is 4.13. The van der Waals surface area contributed by atoms with Gasteiger partial charge < -0.3 is 25.9 Å². The molecule has 5 N–H and O–H groups in total. The first kappa shape index (κ1) is 19.8. The molecule has 0 atom stereocenters. The molecule has 3 rings (SSSR count). The summed E-state index contributed by atoms with van der Waals surface area (Å²) >= 11 is 0. The molecule has 0 aliphatic heterocycles. The molecule has 0 saturated carbocycles. The molecule has 28 heavy (non-hydrogen) atoms. The van der Waals surface area contributed by atoms with Gasteiger partial charge in [-0.05, 0) is 19.2 Å². The van der Waals surface area contributed by atoms with Crippen LogP contribution in [0.1, 0.15) is 34.7 Å². The molecule has 0 fully saturated rings. The molecule has 0 saturated heterocycles. The SMILES string of the molecule is CCN(CC)CCNCC(=O)c1ccc2c(-c3[nH][c]nc3C(N)=O)c[nH]c2c1. The molecular weight excluding hydrogens is 356 g/mol. The van der Waals surface area contributed by atoms with Gasteiger partial charge in [-0.1, -0.05) is 26.0 Å². The first-order valence-corrected chi connectivity index (χ1v) is 9.38. The first-order chi connectivity index (χ1) is 13.5. The van der Waals surface area contributed by atoms with Gasteiger partial charge in [0.2, 0.25) is 0 Å². The van der Waals surface area contributed by atoms with Crippen LogP contribution in [0.4, 0.5) is 0 Å². The van der Waals surface area contributed by atoms with Gasteiger partial charge in [0.05, 0.1) is 12.2 Å². The summed E-state index contributed by atoms with van der Waals surface area (Å²) in [5.41, 5.74) is 8.19. The van der Waals surface area contributed by atoms with Crippen molar-refractivity contribution in [3.8, 4) is 11.3 Å². The number of carbonyl (C=O) groups is 2. The van der Waals surface area contributed by atoms with Gasteiger partial charge in [0.15, 0.2) is 17.8 Å². The van der Waals surface area contributed by atoms with Gasteiger partial charge >= 0.3 is 0 Å². The van der Waals surface area contributed by atoms with E-state index in [2.05, 4.69) is 45.3 Å². The monoisotopic (exact) mass is 381 g/mol. The smallest absolute Gasteiger partial charge is 0.269 e. The van der Waals surface area contributed by atoms with Gasteiger partial charge in [0, 0.05) is 41.3 Å². The van der Waals surface area contributed by atoms with Crippen LogP contribution in [0.25, 0.3) is 22.2 Å². The molecule has 0 aliphatic carbocycles. The molecular formula is C20H25N6O2. The Kier molecular flexibility index (Phi) is 6.23. The number of rotatable bonds is 10. The third-order valence-electron chi connectivity index (χ3n) is 4.88. The predicted octanol–water partition coefficient (Wildman–Crippen LogP) is 1.57. The van der Waals surface area contributed by atoms with Crippen molar-refractivity contribution in [3.63, 3.8) is 0 Å². The molecule has 0 bridgehead atoms. The van der Waals surface area contributed by atoms with Crippen LogP contribution in [0.15, 0.2) is 24.4 Å². The second-order valence-electron chi connectivity index (χ2n) is 6.53. The highest BCUT2D eigenvalue weighted by Crippen LogP contribution is 2.29. The van der Waals surface area contributed by atoms with E-state index in [4.69, 9.17) is 5.73 Å². The fourth-order valence-corrected chi connectivity index (χ4v) is 3.22. The van der Waals surface area contributed by atoms with Gasteiger partial charge in [0.1, 0.15) is 0 Å². The zero-order valence-corrected chi connectivity index (χ0v) is 16.1. The van der Waals surface area contributed by atoms with Gasteiger partial charge in [-0.2, -0.15) is 0 Å². The Morgan fingerprint density at radius 1 is 1.29 bits per heavy atom. The van der Waals surface area contributed by atoms with Crippen molar-refractivity contribution in [1.82, 2.24) is 25.2 Å². The summed E-state index contributed by atoms with van der Waals surface area (Å²) in [6.07, 6.45) is 4.31. The van der Waals surface area contributed by atoms with Crippen molar-refractivity contribution >= 4 is 22.6 Å². The first-order valence-electron chi connectivity index (χ1n) is 9.38. The average Bonchev–Trinajstić information content (AvgIpc) is 3.34. The molecule has 1 aromatic carbocycles. The number of nitrogens with zero attached hydrogens (tertiary/aromatic N) is 2. The average molecular weight is 381 g/mol. The number of nitrogens with one attached hydrogen (secondary N) is 3. The lowest BCUT2D eigenvalue weighted by molar-refractivity contribution is 0.0985. The molecule has 1 radical (unpaired) electrons. The molecule has 3 aromatic rings. The maximum atomic E-state index is 12.5. The number of amides is 1. The molecule has 0 aliphatic rings. The summed E-state index contributed by atoms with van der Waals surface area (Å²) < 4.78 is 0. The topological polar surface area (TPSA) is 120 Å². The Balaban J connectivity index is 1.71. The second kappa shape index (κ2) is 8.81. The maximum Gasteiger partial charge on any atom is 0.269 e. The summed E-state index contributed by atoms with van der Waals surface area (Å²) in [6, 6.07) is 5.46. The van der Waals surface area contributed by atoms with E-state index in [1.165, 1.54) is 0 Å². The Labute approximate surface area is 163 Å². The van der Waals surface area contributed by atoms with Crippen LogP contribution in [0.3, 0.4) is 0 Å². The number of primary amides is 1. The number of aromatic nitrogens is 3. The number of carbonyl (C=O) groups excluding carboxylic acids is 2. The minimum atomic E-state index is -0.621. The van der Waals surface area contributed by atoms with Gasteiger partial charge in [-0.15, -0.1) is 0 Å². The highest BCUT2D eigenvalue weighted by molar-refractivity contribution is 6.05. The van der Waals surface area contributed by atoms with E-state index >= 15 is 0 Å². The van der Waals surface area contributed by atoms with Crippen molar-refractivity contribution < 1.29 is 9.59 Å². The van der Waals surface area contributed by atoms with Gasteiger partial charge in [-0.3, -0.25) is 9.59 Å². The quantitative estimate of drug-likeness (QED) is 0.314. The normalized spacial score (nSPS) is 11.4. The largest absolute Gasteiger partial charge is 0.364 e. The lowest BCUT2D eigenvalue weighted by Crippen LogP contribution is -2.34. The van der Waals surface area contributed by atoms with E-state index in [0.29, 0.717) is 17.8 Å². The van der Waals surface area contributed by atoms with E-state index in [1.54, 1.807) is 12.3 Å². The van der Waals surface area contributed by atoms with Gasteiger partial charge in [-0.25, -0.2) is 4.98 Å². The highest BCUT2D eigenvalue weighted by atomic mass is 16.1. The number of imidazole rings is 1. The standard InChI is InChI=1S/C20H25N6O2/c1-3-26(4-2)8-7-22-11-17(27)13-5-6-14-15(10-23-16(14)9-13)18-19(20(21)28)25-12-24-18/h5-6,9-10,22-23H,3-4,7-8,11H2,1-2H3,(H2,21,28)(H,24,25). The summed E-state index contributed by atoms with van der Waals surface area (Å²) in [4.78, 5) is 36.1. The number of Topliss-reactive ketones (excluding diaryl/α,β-unsaturated/α-hetero) is 1. The Hall–Kier alpha value is -2.97. The number of ketones is 1. The molecule has 2 aromatic heterocycles. The van der Waals surface area contributed by atoms with Crippen LogP contribution >= 0.6 is 0 Å². The van der Waals surface area contributed by atoms with E-state index in [-0.39, 0.29) is 11.5 Å². The van der Waals surface area contributed by atoms with Crippen molar-refractivity contribution in [2.24, 2.45) is 5.73 Å². The fraction of sp³-hybridized carbons (Fsp3) is 0.350. The Bertz CT molecular complexity index is 970. The molecule has 8 nitrogen and oxygen atoms in total. The third-order valence-corrected chi connectivity index (χ3v) is 4.88. The Morgan fingerprint density at radius 3 is 2.79 bits per heavy atom. The summed E-state index contributed by atoms with van der Waals surface area (Å²) in [7, 11) is 0. The number of H-pyrrole nitrogens is 2. The van der Waals surface area contributed by atoms with E-state index in [9.17, 15) is 9.59 Å². The summed E-state index contributed by atoms with van der Waals surface area (Å²) in [6.45, 7) is 8.25. The zero-order valence-electron chi connectivity index (χ0n) is 16.1. The second-order valence-corrected chi connectivity index (χ2v) is 6.53. The van der Waals surface area contributed by atoms with Gasteiger partial charge in [0.25, 0.3) is 5.91 Å². The number of hydrogen-bond acceptors (Lipinski definition) is 5. The van der Waals surface area contributed by atoms with E-state index in [1.807, 2.05) is 12.1 Å². The number of nitrogens with two attached hydrogens (primary N) is 1. The number of aromatic amines is 2. The molecule has 2 heterocycles. The van der Waals surface area contributed by atoms with Crippen LogP contribution in [0, 0.1) is 6.33 Å². The molecule has 0 unspecified atom stereocenters. The van der Waals surface area contributed by atoms with Crippen molar-refractivity contribution in [2.75, 3.05) is 32.7 Å². The van der Waals surface area contributed by atoms with E-state index in [0.717, 1.165) is 42.6 Å². The van der Waals surface area contributed by atoms with Crippen LogP contribution in [0.5, 0.6) is 0 Å². The van der Waals surface area contributed by atoms with E-state index < -0.39 is 5.91 Å². The van der Waals surface area contributed by atoms with Crippen molar-refractivity contribution in [1.29, 1.82) is 0 Å². The summed E-state index contributed by atoms with van der Waals surface area (Å²) in [5, 5.41) is 4.07. The van der Waals surface area contributed by atoms with Crippen molar-refractivity contribution in [2.45, 2.75) is 13.8 Å². The minimum Gasteiger partial charge on any atom is -0.364 e. The molecule has 1 amide bonds. The Morgan fingerprint density at radius 2 is 2.07 bits per heavy atom. The molecule has 8 heteroatoms. The van der Waals surface area contributed by atoms with Crippen LogP contribution in [0.2, 0.25) is 0 Å². The molecule has 0 spiro atoms. The maximum absolute atomic E-state index is 12.5.